The van der Waals surface area contributed by atoms with Crippen LogP contribution in [0.25, 0.3) is 0 Å². The van der Waals surface area contributed by atoms with Gasteiger partial charge in [0.05, 0.1) is 24.2 Å². The van der Waals surface area contributed by atoms with Gasteiger partial charge in [-0.05, 0) is 32.0 Å². The van der Waals surface area contributed by atoms with Crippen LogP contribution in [0.5, 0.6) is 0 Å². The Kier molecular flexibility index (Phi) is 5.88. The summed E-state index contributed by atoms with van der Waals surface area (Å²) in [4.78, 5) is 25.5. The van der Waals surface area contributed by atoms with Crippen molar-refractivity contribution in [2.24, 2.45) is 0 Å². The summed E-state index contributed by atoms with van der Waals surface area (Å²) in [6.45, 7) is 6.57. The number of hydrogen-bond donors (Lipinski definition) is 1. The molecular formula is C19H23N3O5. The van der Waals surface area contributed by atoms with Gasteiger partial charge in [-0.15, -0.1) is 0 Å². The van der Waals surface area contributed by atoms with Crippen LogP contribution in [0.2, 0.25) is 0 Å². The van der Waals surface area contributed by atoms with Gasteiger partial charge in [0.15, 0.2) is 0 Å². The summed E-state index contributed by atoms with van der Waals surface area (Å²) in [7, 11) is 0. The van der Waals surface area contributed by atoms with Crippen LogP contribution in [0, 0.1) is 24.0 Å². The van der Waals surface area contributed by atoms with Gasteiger partial charge in [0.25, 0.3) is 11.6 Å². The normalized spacial score (nSPS) is 16.1. The Morgan fingerprint density at radius 2 is 2.00 bits per heavy atom. The molecule has 1 fully saturated rings. The topological polar surface area (TPSA) is 97.8 Å². The first kappa shape index (κ1) is 19.1. The van der Waals surface area contributed by atoms with E-state index in [9.17, 15) is 14.9 Å². The van der Waals surface area contributed by atoms with Crippen LogP contribution in [0.3, 0.4) is 0 Å². The molecule has 1 aliphatic rings. The molecule has 144 valence electrons. The van der Waals surface area contributed by atoms with E-state index in [0.717, 1.165) is 24.6 Å². The Bertz CT molecular complexity index is 827. The number of amides is 1. The number of hydrogen-bond acceptors (Lipinski definition) is 6. The Morgan fingerprint density at radius 1 is 1.26 bits per heavy atom. The second-order valence-corrected chi connectivity index (χ2v) is 6.53. The van der Waals surface area contributed by atoms with E-state index in [2.05, 4.69) is 10.2 Å². The third kappa shape index (κ3) is 4.35. The summed E-state index contributed by atoms with van der Waals surface area (Å²) in [5.74, 6) is 1.26. The molecular weight excluding hydrogens is 350 g/mol. The van der Waals surface area contributed by atoms with Crippen LogP contribution < -0.4 is 5.32 Å². The molecule has 8 heteroatoms. The molecule has 0 radical (unpaired) electrons. The third-order valence-corrected chi connectivity index (χ3v) is 4.78. The lowest BCUT2D eigenvalue weighted by Crippen LogP contribution is -2.43. The van der Waals surface area contributed by atoms with Gasteiger partial charge < -0.3 is 14.5 Å². The van der Waals surface area contributed by atoms with Crippen molar-refractivity contribution in [1.82, 2.24) is 10.2 Å². The maximum absolute atomic E-state index is 12.7. The van der Waals surface area contributed by atoms with Gasteiger partial charge >= 0.3 is 0 Å². The molecule has 1 aliphatic heterocycles. The minimum absolute atomic E-state index is 0.0611. The van der Waals surface area contributed by atoms with Crippen molar-refractivity contribution in [2.45, 2.75) is 19.9 Å². The van der Waals surface area contributed by atoms with E-state index in [1.807, 2.05) is 19.1 Å². The lowest BCUT2D eigenvalue weighted by atomic mass is 10.1. The average Bonchev–Trinajstić information content (AvgIpc) is 3.08. The zero-order chi connectivity index (χ0) is 19.4. The third-order valence-electron chi connectivity index (χ3n) is 4.78. The molecule has 1 atom stereocenters. The van der Waals surface area contributed by atoms with E-state index in [4.69, 9.17) is 9.15 Å². The van der Waals surface area contributed by atoms with Gasteiger partial charge in [0.1, 0.15) is 11.5 Å². The highest BCUT2D eigenvalue weighted by Crippen LogP contribution is 2.24. The highest BCUT2D eigenvalue weighted by molar-refractivity contribution is 5.96. The number of rotatable bonds is 6. The Morgan fingerprint density at radius 3 is 2.63 bits per heavy atom. The van der Waals surface area contributed by atoms with Crippen LogP contribution in [0.1, 0.15) is 33.5 Å². The predicted molar refractivity (Wildman–Crippen MR) is 98.7 cm³/mol. The minimum atomic E-state index is -0.478. The van der Waals surface area contributed by atoms with Crippen molar-refractivity contribution in [1.29, 1.82) is 0 Å². The second-order valence-electron chi connectivity index (χ2n) is 6.53. The number of carbonyl (C=O) groups excluding carboxylic acids is 1. The van der Waals surface area contributed by atoms with Crippen molar-refractivity contribution >= 4 is 11.6 Å². The van der Waals surface area contributed by atoms with Crippen LogP contribution in [-0.2, 0) is 4.74 Å². The fourth-order valence-corrected chi connectivity index (χ4v) is 3.28. The number of furan rings is 1. The van der Waals surface area contributed by atoms with E-state index in [1.54, 1.807) is 13.0 Å². The molecule has 3 rings (SSSR count). The molecule has 0 bridgehead atoms. The highest BCUT2D eigenvalue weighted by Gasteiger charge is 2.26. The maximum atomic E-state index is 12.7. The first-order valence-corrected chi connectivity index (χ1v) is 8.87. The van der Waals surface area contributed by atoms with Gasteiger partial charge in [-0.3, -0.25) is 19.8 Å². The van der Waals surface area contributed by atoms with Crippen LogP contribution >= 0.6 is 0 Å². The van der Waals surface area contributed by atoms with Crippen LogP contribution in [-0.4, -0.2) is 48.6 Å². The summed E-state index contributed by atoms with van der Waals surface area (Å²) >= 11 is 0. The molecule has 1 aromatic heterocycles. The quantitative estimate of drug-likeness (QED) is 0.617. The lowest BCUT2D eigenvalue weighted by molar-refractivity contribution is -0.385. The number of aryl methyl sites for hydroxylation is 1. The largest absolute Gasteiger partial charge is 0.465 e. The van der Waals surface area contributed by atoms with Crippen molar-refractivity contribution in [3.05, 3.63) is 63.1 Å². The number of nitrogens with zero attached hydrogens (tertiary/aromatic N) is 2. The molecule has 1 aromatic carbocycles. The van der Waals surface area contributed by atoms with Crippen molar-refractivity contribution in [2.75, 3.05) is 32.8 Å². The van der Waals surface area contributed by atoms with Gasteiger partial charge in [0.2, 0.25) is 0 Å². The molecule has 0 aliphatic carbocycles. The Hall–Kier alpha value is -2.71. The monoisotopic (exact) mass is 373 g/mol. The van der Waals surface area contributed by atoms with Crippen molar-refractivity contribution in [3.8, 4) is 0 Å². The molecule has 2 heterocycles. The lowest BCUT2D eigenvalue weighted by Gasteiger charge is -2.33. The van der Waals surface area contributed by atoms with Crippen molar-refractivity contribution < 1.29 is 18.9 Å². The summed E-state index contributed by atoms with van der Waals surface area (Å²) in [6.07, 6.45) is 0. The number of nitro benzene ring substituents is 1. The van der Waals surface area contributed by atoms with E-state index >= 15 is 0 Å². The standard InChI is InChI=1S/C19H23N3O5/c1-13-6-7-18(27-13)17(21-8-10-26-11-9-21)12-20-19(23)15-4-3-5-16(14(15)2)22(24)25/h3-7,17H,8-12H2,1-2H3,(H,20,23). The number of nitro groups is 1. The Labute approximate surface area is 157 Å². The molecule has 1 N–H and O–H groups in total. The van der Waals surface area contributed by atoms with Gasteiger partial charge in [-0.2, -0.15) is 0 Å². The zero-order valence-corrected chi connectivity index (χ0v) is 15.4. The van der Waals surface area contributed by atoms with E-state index in [1.165, 1.54) is 12.1 Å². The Balaban J connectivity index is 1.76. The summed E-state index contributed by atoms with van der Waals surface area (Å²) in [5, 5.41) is 14.0. The minimum Gasteiger partial charge on any atom is -0.465 e. The predicted octanol–water partition coefficient (Wildman–Crippen LogP) is 2.61. The number of benzene rings is 1. The van der Waals surface area contributed by atoms with Gasteiger partial charge in [-0.1, -0.05) is 6.07 Å². The molecule has 2 aromatic rings. The van der Waals surface area contributed by atoms with E-state index in [-0.39, 0.29) is 17.6 Å². The highest BCUT2D eigenvalue weighted by atomic mass is 16.6. The number of carbonyl (C=O) groups is 1. The summed E-state index contributed by atoms with van der Waals surface area (Å²) in [6, 6.07) is 8.21. The number of morpholine rings is 1. The molecule has 0 saturated carbocycles. The summed E-state index contributed by atoms with van der Waals surface area (Å²) < 4.78 is 11.2. The molecule has 1 unspecified atom stereocenters. The smallest absolute Gasteiger partial charge is 0.273 e. The molecule has 8 nitrogen and oxygen atoms in total. The van der Waals surface area contributed by atoms with Gasteiger partial charge in [0, 0.05) is 36.8 Å². The van der Waals surface area contributed by atoms with Gasteiger partial charge in [-0.25, -0.2) is 0 Å². The fourth-order valence-electron chi connectivity index (χ4n) is 3.28. The average molecular weight is 373 g/mol. The van der Waals surface area contributed by atoms with Crippen LogP contribution in [0.4, 0.5) is 5.69 Å². The SMILES string of the molecule is Cc1ccc(C(CNC(=O)c2cccc([N+](=O)[O-])c2C)N2CCOCC2)o1. The number of ether oxygens (including phenoxy) is 1. The molecule has 1 saturated heterocycles. The number of nitrogens with one attached hydrogen (secondary N) is 1. The summed E-state index contributed by atoms with van der Waals surface area (Å²) in [5.41, 5.74) is 0.603. The molecule has 27 heavy (non-hydrogen) atoms. The second kappa shape index (κ2) is 8.32. The van der Waals surface area contributed by atoms with Crippen molar-refractivity contribution in [3.63, 3.8) is 0 Å². The van der Waals surface area contributed by atoms with Crippen LogP contribution in [0.15, 0.2) is 34.7 Å². The van der Waals surface area contributed by atoms with E-state index in [0.29, 0.717) is 30.9 Å². The first-order chi connectivity index (χ1) is 13.0. The molecule has 1 amide bonds. The molecule has 0 spiro atoms. The fraction of sp³-hybridized carbons (Fsp3) is 0.421. The zero-order valence-electron chi connectivity index (χ0n) is 15.4. The maximum Gasteiger partial charge on any atom is 0.273 e. The first-order valence-electron chi connectivity index (χ1n) is 8.87. The van der Waals surface area contributed by atoms with E-state index < -0.39 is 4.92 Å².